The number of thiol groups is 1. The SMILES string of the molecule is NC(=O)[C@H](CO)NC(=O)[C@H](Cc1ccc(O)cc1)NC(=O)CNC(=O)C1CCCN1C(=O)C(CO)NC(=O)C[C@H](S)C(=O)O. The lowest BCUT2D eigenvalue weighted by Gasteiger charge is -2.28. The predicted octanol–water partition coefficient (Wildman–Crippen LogP) is -4.26. The number of aromatic hydroxyl groups is 1. The Bertz CT molecular complexity index is 1230. The number of carbonyl (C=O) groups excluding carboxylic acids is 6. The summed E-state index contributed by atoms with van der Waals surface area (Å²) in [5.41, 5.74) is 5.68. The van der Waals surface area contributed by atoms with Crippen molar-refractivity contribution in [3.8, 4) is 5.75 Å². The van der Waals surface area contributed by atoms with Gasteiger partial charge in [-0.25, -0.2) is 0 Å². The number of carbonyl (C=O) groups is 7. The van der Waals surface area contributed by atoms with Crippen LogP contribution in [0.4, 0.5) is 0 Å². The van der Waals surface area contributed by atoms with Gasteiger partial charge in [-0.05, 0) is 30.5 Å². The maximum Gasteiger partial charge on any atom is 0.316 e. The van der Waals surface area contributed by atoms with Crippen LogP contribution in [-0.4, -0.2) is 122 Å². The molecule has 6 amide bonds. The Labute approximate surface area is 256 Å². The molecule has 0 aromatic heterocycles. The van der Waals surface area contributed by atoms with Gasteiger partial charge in [0.1, 0.15) is 35.2 Å². The van der Waals surface area contributed by atoms with Crippen LogP contribution in [0.2, 0.25) is 0 Å². The smallest absolute Gasteiger partial charge is 0.316 e. The summed E-state index contributed by atoms with van der Waals surface area (Å²) >= 11 is 3.76. The second-order valence-electron chi connectivity index (χ2n) is 9.91. The molecule has 0 aliphatic carbocycles. The number of aliphatic carboxylic acids is 1. The zero-order valence-electron chi connectivity index (χ0n) is 23.5. The van der Waals surface area contributed by atoms with Crippen molar-refractivity contribution < 1.29 is 54.0 Å². The molecule has 44 heavy (non-hydrogen) atoms. The summed E-state index contributed by atoms with van der Waals surface area (Å²) < 4.78 is 0. The number of amides is 6. The van der Waals surface area contributed by atoms with E-state index in [0.717, 1.165) is 4.90 Å². The maximum atomic E-state index is 13.0. The quantitative estimate of drug-likeness (QED) is 0.0772. The number of benzene rings is 1. The van der Waals surface area contributed by atoms with Gasteiger partial charge in [0.25, 0.3) is 0 Å². The first-order valence-electron chi connectivity index (χ1n) is 13.4. The van der Waals surface area contributed by atoms with Gasteiger partial charge in [0.05, 0.1) is 19.8 Å². The number of nitrogens with one attached hydrogen (secondary N) is 4. The first kappa shape index (κ1) is 35.8. The molecule has 242 valence electrons. The third kappa shape index (κ3) is 10.7. The van der Waals surface area contributed by atoms with Gasteiger partial charge < -0.3 is 52.3 Å². The van der Waals surface area contributed by atoms with E-state index in [1.165, 1.54) is 24.3 Å². The number of nitrogens with two attached hydrogens (primary N) is 1. The molecule has 1 heterocycles. The van der Waals surface area contributed by atoms with Crippen LogP contribution < -0.4 is 27.0 Å². The average molecular weight is 641 g/mol. The number of phenols is 1. The van der Waals surface area contributed by atoms with Crippen molar-refractivity contribution in [1.29, 1.82) is 0 Å². The minimum absolute atomic E-state index is 0.0350. The standard InChI is InChI=1S/C26H36N6O11S/c27-22(38)16(11-33)31-23(39)15(8-13-3-5-14(35)6-4-13)29-21(37)10-28-24(40)18-2-1-7-32(18)25(41)17(12-34)30-20(36)9-19(44)26(42)43/h3-6,15-19,33-35,44H,1-2,7-12H2,(H2,27,38)(H,28,40)(H,29,37)(H,30,36)(H,31,39)(H,42,43)/t15-,16-,17?,18?,19-/m0/s1. The third-order valence-electron chi connectivity index (χ3n) is 6.61. The van der Waals surface area contributed by atoms with Crippen LogP contribution >= 0.6 is 12.6 Å². The molecule has 1 saturated heterocycles. The van der Waals surface area contributed by atoms with E-state index in [0.29, 0.717) is 12.0 Å². The molecule has 1 fully saturated rings. The first-order chi connectivity index (χ1) is 20.8. The van der Waals surface area contributed by atoms with E-state index in [1.807, 2.05) is 0 Å². The number of primary amides is 1. The largest absolute Gasteiger partial charge is 0.508 e. The molecule has 1 aromatic carbocycles. The Balaban J connectivity index is 2.03. The van der Waals surface area contributed by atoms with Crippen molar-refractivity contribution in [3.63, 3.8) is 0 Å². The number of rotatable bonds is 16. The minimum atomic E-state index is -1.45. The van der Waals surface area contributed by atoms with Crippen LogP contribution in [0, 0.1) is 0 Å². The Kier molecular flexibility index (Phi) is 13.8. The van der Waals surface area contributed by atoms with E-state index in [4.69, 9.17) is 10.8 Å². The maximum absolute atomic E-state index is 13.0. The van der Waals surface area contributed by atoms with E-state index < -0.39 is 97.0 Å². The van der Waals surface area contributed by atoms with Crippen LogP contribution in [-0.2, 0) is 40.0 Å². The molecule has 5 atom stereocenters. The highest BCUT2D eigenvalue weighted by atomic mass is 32.1. The highest BCUT2D eigenvalue weighted by molar-refractivity contribution is 7.81. The van der Waals surface area contributed by atoms with Gasteiger partial charge in [-0.2, -0.15) is 12.6 Å². The van der Waals surface area contributed by atoms with Gasteiger partial charge in [-0.3, -0.25) is 33.6 Å². The molecular weight excluding hydrogens is 604 g/mol. The van der Waals surface area contributed by atoms with Gasteiger partial charge in [-0.15, -0.1) is 0 Å². The molecule has 0 bridgehead atoms. The molecule has 0 radical (unpaired) electrons. The lowest BCUT2D eigenvalue weighted by Crippen LogP contribution is -2.57. The van der Waals surface area contributed by atoms with Crippen molar-refractivity contribution in [1.82, 2.24) is 26.2 Å². The van der Waals surface area contributed by atoms with E-state index in [2.05, 4.69) is 33.9 Å². The summed E-state index contributed by atoms with van der Waals surface area (Å²) in [4.78, 5) is 87.1. The van der Waals surface area contributed by atoms with Crippen LogP contribution in [0.15, 0.2) is 24.3 Å². The van der Waals surface area contributed by atoms with Gasteiger partial charge in [0.2, 0.25) is 35.4 Å². The highest BCUT2D eigenvalue weighted by Crippen LogP contribution is 2.19. The predicted molar refractivity (Wildman–Crippen MR) is 154 cm³/mol. The molecule has 17 nitrogen and oxygen atoms in total. The van der Waals surface area contributed by atoms with Gasteiger partial charge in [0.15, 0.2) is 0 Å². The Morgan fingerprint density at radius 1 is 0.932 bits per heavy atom. The number of hydrogen-bond acceptors (Lipinski definition) is 11. The van der Waals surface area contributed by atoms with E-state index in [1.54, 1.807) is 0 Å². The number of aliphatic hydroxyl groups excluding tert-OH is 2. The van der Waals surface area contributed by atoms with Crippen LogP contribution in [0.1, 0.15) is 24.8 Å². The Hall–Kier alpha value is -4.42. The summed E-state index contributed by atoms with van der Waals surface area (Å²) in [6.07, 6.45) is -0.0380. The van der Waals surface area contributed by atoms with Crippen molar-refractivity contribution in [3.05, 3.63) is 29.8 Å². The van der Waals surface area contributed by atoms with Crippen LogP contribution in [0.5, 0.6) is 5.75 Å². The fourth-order valence-corrected chi connectivity index (χ4v) is 4.46. The summed E-state index contributed by atoms with van der Waals surface area (Å²) in [6.45, 7) is -2.11. The fourth-order valence-electron chi connectivity index (χ4n) is 4.29. The Morgan fingerprint density at radius 2 is 1.55 bits per heavy atom. The number of aliphatic hydroxyl groups is 2. The molecule has 1 aliphatic heterocycles. The molecule has 1 aliphatic rings. The first-order valence-corrected chi connectivity index (χ1v) is 14.0. The number of carboxylic acids is 1. The monoisotopic (exact) mass is 640 g/mol. The van der Waals surface area contributed by atoms with Crippen LogP contribution in [0.3, 0.4) is 0 Å². The number of nitrogens with zero attached hydrogens (tertiary/aromatic N) is 1. The average Bonchev–Trinajstić information content (AvgIpc) is 3.47. The Morgan fingerprint density at radius 3 is 2.11 bits per heavy atom. The summed E-state index contributed by atoms with van der Waals surface area (Å²) in [6, 6.07) is 0.521. The number of likely N-dealkylation sites (tertiary alicyclic amines) is 1. The zero-order valence-corrected chi connectivity index (χ0v) is 24.4. The van der Waals surface area contributed by atoms with Crippen molar-refractivity contribution in [2.45, 2.75) is 55.1 Å². The molecule has 0 spiro atoms. The van der Waals surface area contributed by atoms with E-state index in [-0.39, 0.29) is 25.1 Å². The molecule has 2 rings (SSSR count). The summed E-state index contributed by atoms with van der Waals surface area (Å²) in [7, 11) is 0. The third-order valence-corrected chi connectivity index (χ3v) is 7.02. The van der Waals surface area contributed by atoms with Gasteiger partial charge >= 0.3 is 5.97 Å². The van der Waals surface area contributed by atoms with Crippen molar-refractivity contribution in [2.24, 2.45) is 5.73 Å². The molecule has 10 N–H and O–H groups in total. The number of carboxylic acid groups (broad SMARTS) is 1. The second-order valence-corrected chi connectivity index (χ2v) is 10.5. The topological polar surface area (TPSA) is 278 Å². The van der Waals surface area contributed by atoms with Gasteiger partial charge in [0, 0.05) is 19.4 Å². The number of phenolic OH excluding ortho intramolecular Hbond substituents is 1. The van der Waals surface area contributed by atoms with Crippen molar-refractivity contribution in [2.75, 3.05) is 26.3 Å². The lowest BCUT2D eigenvalue weighted by molar-refractivity contribution is -0.143. The van der Waals surface area contributed by atoms with Crippen molar-refractivity contribution >= 4 is 54.0 Å². The normalized spacial score (nSPS) is 17.0. The fraction of sp³-hybridized carbons (Fsp3) is 0.500. The number of hydrogen-bond donors (Lipinski definition) is 10. The van der Waals surface area contributed by atoms with Gasteiger partial charge in [-0.1, -0.05) is 12.1 Å². The molecule has 18 heteroatoms. The van der Waals surface area contributed by atoms with E-state index >= 15 is 0 Å². The summed E-state index contributed by atoms with van der Waals surface area (Å²) in [5.74, 6) is -6.40. The zero-order chi connectivity index (χ0) is 33.0. The molecular formula is C26H36N6O11S. The van der Waals surface area contributed by atoms with Crippen LogP contribution in [0.25, 0.3) is 0 Å². The van der Waals surface area contributed by atoms with E-state index in [9.17, 15) is 48.9 Å². The lowest BCUT2D eigenvalue weighted by atomic mass is 10.0. The highest BCUT2D eigenvalue weighted by Gasteiger charge is 2.38. The minimum Gasteiger partial charge on any atom is -0.508 e. The molecule has 2 unspecified atom stereocenters. The summed E-state index contributed by atoms with van der Waals surface area (Å²) in [5, 5.41) is 45.3. The molecule has 0 saturated carbocycles. The molecule has 1 aromatic rings. The second kappa shape index (κ2) is 17.0.